The third-order valence-electron chi connectivity index (χ3n) is 2.64. The van der Waals surface area contributed by atoms with Crippen molar-refractivity contribution in [3.8, 4) is 11.5 Å². The van der Waals surface area contributed by atoms with E-state index in [4.69, 9.17) is 9.47 Å². The minimum atomic E-state index is -0.180. The first kappa shape index (κ1) is 15.1. The molecular weight excluding hydrogens is 266 g/mol. The van der Waals surface area contributed by atoms with Gasteiger partial charge in [0.1, 0.15) is 18.1 Å². The fraction of sp³-hybridized carbons (Fsp3) is 0.235. The van der Waals surface area contributed by atoms with Crippen LogP contribution in [0.3, 0.4) is 0 Å². The third kappa shape index (κ3) is 5.28. The molecule has 1 N–H and O–H groups in total. The van der Waals surface area contributed by atoms with E-state index >= 15 is 0 Å². The van der Waals surface area contributed by atoms with Crippen LogP contribution in [0.15, 0.2) is 54.6 Å². The van der Waals surface area contributed by atoms with Gasteiger partial charge in [-0.25, -0.2) is 0 Å². The highest BCUT2D eigenvalue weighted by Crippen LogP contribution is 2.23. The van der Waals surface area contributed by atoms with Gasteiger partial charge >= 0.3 is 0 Å². The van der Waals surface area contributed by atoms with E-state index in [2.05, 4.69) is 5.32 Å². The van der Waals surface area contributed by atoms with Gasteiger partial charge < -0.3 is 14.8 Å². The molecule has 2 aromatic rings. The Hall–Kier alpha value is -2.33. The van der Waals surface area contributed by atoms with Crippen molar-refractivity contribution < 1.29 is 14.3 Å². The first-order chi connectivity index (χ1) is 10.1. The van der Waals surface area contributed by atoms with E-state index in [1.807, 2.05) is 62.4 Å². The van der Waals surface area contributed by atoms with Gasteiger partial charge in [-0.3, -0.25) is 4.79 Å². The number of hydrogen-bond donors (Lipinski definition) is 1. The Labute approximate surface area is 124 Å². The van der Waals surface area contributed by atoms with Crippen molar-refractivity contribution in [1.82, 2.24) is 0 Å². The summed E-state index contributed by atoms with van der Waals surface area (Å²) in [5, 5.41) is 2.78. The van der Waals surface area contributed by atoms with E-state index in [1.54, 1.807) is 6.07 Å². The molecule has 2 rings (SSSR count). The Bertz CT molecular complexity index is 582. The van der Waals surface area contributed by atoms with Crippen LogP contribution in [0.1, 0.15) is 13.8 Å². The first-order valence-electron chi connectivity index (χ1n) is 6.88. The van der Waals surface area contributed by atoms with Gasteiger partial charge in [0, 0.05) is 11.8 Å². The van der Waals surface area contributed by atoms with Crippen LogP contribution in [-0.2, 0) is 9.53 Å². The Morgan fingerprint density at radius 3 is 2.48 bits per heavy atom. The van der Waals surface area contributed by atoms with Crippen LogP contribution in [0.4, 0.5) is 5.69 Å². The van der Waals surface area contributed by atoms with E-state index in [-0.39, 0.29) is 18.6 Å². The molecule has 0 radical (unpaired) electrons. The monoisotopic (exact) mass is 285 g/mol. The van der Waals surface area contributed by atoms with Crippen molar-refractivity contribution in [2.45, 2.75) is 20.0 Å². The summed E-state index contributed by atoms with van der Waals surface area (Å²) in [5.74, 6) is 1.24. The van der Waals surface area contributed by atoms with Crippen LogP contribution in [0, 0.1) is 0 Å². The lowest BCUT2D eigenvalue weighted by Gasteiger charge is -2.10. The van der Waals surface area contributed by atoms with Gasteiger partial charge in [-0.2, -0.15) is 0 Å². The molecule has 0 saturated heterocycles. The number of carbonyl (C=O) groups excluding carboxylic acids is 1. The molecule has 0 aliphatic rings. The number of para-hydroxylation sites is 1. The summed E-state index contributed by atoms with van der Waals surface area (Å²) in [5.41, 5.74) is 0.681. The van der Waals surface area contributed by atoms with Gasteiger partial charge in [0.25, 0.3) is 0 Å². The van der Waals surface area contributed by atoms with Gasteiger partial charge in [0.15, 0.2) is 0 Å². The summed E-state index contributed by atoms with van der Waals surface area (Å²) < 4.78 is 11.0. The molecule has 0 spiro atoms. The molecule has 4 heteroatoms. The number of hydrogen-bond acceptors (Lipinski definition) is 3. The molecule has 0 bridgehead atoms. The van der Waals surface area contributed by atoms with Crippen molar-refractivity contribution in [1.29, 1.82) is 0 Å². The Balaban J connectivity index is 1.96. The van der Waals surface area contributed by atoms with Crippen molar-refractivity contribution in [2.75, 3.05) is 11.9 Å². The molecule has 4 nitrogen and oxygen atoms in total. The van der Waals surface area contributed by atoms with Crippen LogP contribution in [0.5, 0.6) is 11.5 Å². The van der Waals surface area contributed by atoms with E-state index in [1.165, 1.54) is 0 Å². The van der Waals surface area contributed by atoms with E-state index in [0.29, 0.717) is 11.4 Å². The fourth-order valence-corrected chi connectivity index (χ4v) is 1.70. The normalized spacial score (nSPS) is 10.4. The molecule has 0 atom stereocenters. The molecule has 0 aliphatic heterocycles. The van der Waals surface area contributed by atoms with Gasteiger partial charge in [-0.15, -0.1) is 0 Å². The van der Waals surface area contributed by atoms with Crippen molar-refractivity contribution >= 4 is 11.6 Å². The fourth-order valence-electron chi connectivity index (χ4n) is 1.70. The second-order valence-corrected chi connectivity index (χ2v) is 4.85. The third-order valence-corrected chi connectivity index (χ3v) is 2.64. The number of nitrogens with one attached hydrogen (secondary N) is 1. The summed E-state index contributed by atoms with van der Waals surface area (Å²) in [6, 6.07) is 16.8. The van der Waals surface area contributed by atoms with Gasteiger partial charge in [0.2, 0.25) is 5.91 Å². The summed E-state index contributed by atoms with van der Waals surface area (Å²) in [7, 11) is 0. The molecule has 0 aromatic heterocycles. The maximum atomic E-state index is 11.7. The van der Waals surface area contributed by atoms with Gasteiger partial charge in [-0.05, 0) is 38.1 Å². The predicted molar refractivity (Wildman–Crippen MR) is 82.7 cm³/mol. The number of anilines is 1. The largest absolute Gasteiger partial charge is 0.457 e. The zero-order valence-electron chi connectivity index (χ0n) is 12.2. The number of rotatable bonds is 6. The molecule has 1 amide bonds. The van der Waals surface area contributed by atoms with Crippen LogP contribution in [0.25, 0.3) is 0 Å². The topological polar surface area (TPSA) is 47.6 Å². The summed E-state index contributed by atoms with van der Waals surface area (Å²) in [4.78, 5) is 11.7. The lowest BCUT2D eigenvalue weighted by Crippen LogP contribution is -2.20. The van der Waals surface area contributed by atoms with Crippen molar-refractivity contribution in [3.05, 3.63) is 54.6 Å². The van der Waals surface area contributed by atoms with E-state index < -0.39 is 0 Å². The van der Waals surface area contributed by atoms with E-state index in [0.717, 1.165) is 5.75 Å². The maximum Gasteiger partial charge on any atom is 0.250 e. The highest BCUT2D eigenvalue weighted by atomic mass is 16.5. The van der Waals surface area contributed by atoms with E-state index in [9.17, 15) is 4.79 Å². The predicted octanol–water partition coefficient (Wildman–Crippen LogP) is 3.84. The highest BCUT2D eigenvalue weighted by Gasteiger charge is 2.05. The summed E-state index contributed by atoms with van der Waals surface area (Å²) in [6.07, 6.45) is 0.0310. The Morgan fingerprint density at radius 2 is 1.76 bits per heavy atom. The average Bonchev–Trinajstić information content (AvgIpc) is 2.46. The molecular formula is C17H19NO3. The van der Waals surface area contributed by atoms with Crippen LogP contribution in [0.2, 0.25) is 0 Å². The smallest absolute Gasteiger partial charge is 0.250 e. The number of benzene rings is 2. The molecule has 0 heterocycles. The lowest BCUT2D eigenvalue weighted by atomic mass is 10.3. The SMILES string of the molecule is CC(C)OCC(=O)Nc1cccc(Oc2ccccc2)c1. The quantitative estimate of drug-likeness (QED) is 0.877. The maximum absolute atomic E-state index is 11.7. The van der Waals surface area contributed by atoms with Crippen LogP contribution >= 0.6 is 0 Å². The summed E-state index contributed by atoms with van der Waals surface area (Å²) >= 11 is 0. The van der Waals surface area contributed by atoms with Crippen LogP contribution < -0.4 is 10.1 Å². The minimum absolute atomic E-state index is 0.0310. The zero-order valence-corrected chi connectivity index (χ0v) is 12.2. The second kappa shape index (κ2) is 7.45. The molecule has 2 aromatic carbocycles. The van der Waals surface area contributed by atoms with Crippen molar-refractivity contribution in [3.63, 3.8) is 0 Å². The molecule has 0 saturated carbocycles. The molecule has 0 fully saturated rings. The van der Waals surface area contributed by atoms with Crippen molar-refractivity contribution in [2.24, 2.45) is 0 Å². The first-order valence-corrected chi connectivity index (χ1v) is 6.88. The molecule has 110 valence electrons. The molecule has 21 heavy (non-hydrogen) atoms. The summed E-state index contributed by atoms with van der Waals surface area (Å²) in [6.45, 7) is 3.82. The van der Waals surface area contributed by atoms with Gasteiger partial charge in [0.05, 0.1) is 6.10 Å². The number of ether oxygens (including phenoxy) is 2. The minimum Gasteiger partial charge on any atom is -0.457 e. The Kier molecular flexibility index (Phi) is 5.35. The van der Waals surface area contributed by atoms with Gasteiger partial charge in [-0.1, -0.05) is 24.3 Å². The number of amides is 1. The van der Waals surface area contributed by atoms with Crippen LogP contribution in [-0.4, -0.2) is 18.6 Å². The molecule has 0 unspecified atom stereocenters. The molecule has 0 aliphatic carbocycles. The number of carbonyl (C=O) groups is 1. The highest BCUT2D eigenvalue weighted by molar-refractivity contribution is 5.91. The second-order valence-electron chi connectivity index (χ2n) is 4.85. The standard InChI is InChI=1S/C17H19NO3/c1-13(2)20-12-17(19)18-14-7-6-10-16(11-14)21-15-8-4-3-5-9-15/h3-11,13H,12H2,1-2H3,(H,18,19). The lowest BCUT2D eigenvalue weighted by molar-refractivity contribution is -0.121. The zero-order chi connectivity index (χ0) is 15.1. The average molecular weight is 285 g/mol. The Morgan fingerprint density at radius 1 is 1.05 bits per heavy atom.